The van der Waals surface area contributed by atoms with Crippen LogP contribution < -0.4 is 5.32 Å². The molecule has 0 fully saturated rings. The molecule has 0 aliphatic rings. The molecule has 1 amide bonds. The third-order valence-corrected chi connectivity index (χ3v) is 6.87. The zero-order valence-corrected chi connectivity index (χ0v) is 17.7. The Morgan fingerprint density at radius 3 is 2.28 bits per heavy atom. The molecule has 0 heterocycles. The Balaban J connectivity index is 2.19. The van der Waals surface area contributed by atoms with Crippen LogP contribution in [0.15, 0.2) is 47.4 Å². The van der Waals surface area contributed by atoms with Gasteiger partial charge in [-0.3, -0.25) is 4.79 Å². The lowest BCUT2D eigenvalue weighted by molar-refractivity contribution is 0.102. The fraction of sp³-hybridized carbons (Fsp3) is 0.235. The molecule has 2 aromatic carbocycles. The summed E-state index contributed by atoms with van der Waals surface area (Å²) in [6.45, 7) is 3.61. The van der Waals surface area contributed by atoms with Crippen LogP contribution >= 0.6 is 34.2 Å². The quantitative estimate of drug-likeness (QED) is 0.636. The SMILES string of the molecule is CC(C)N(C)S(=O)(=O)c1ccc(NC(=O)c2ccc(Cl)cc2I)cc1. The minimum absolute atomic E-state index is 0.142. The summed E-state index contributed by atoms with van der Waals surface area (Å²) in [4.78, 5) is 12.5. The summed E-state index contributed by atoms with van der Waals surface area (Å²) in [5.41, 5.74) is 1.02. The molecule has 0 saturated heterocycles. The lowest BCUT2D eigenvalue weighted by atomic mass is 10.2. The van der Waals surface area contributed by atoms with Crippen molar-refractivity contribution in [2.75, 3.05) is 12.4 Å². The Morgan fingerprint density at radius 1 is 1.16 bits per heavy atom. The van der Waals surface area contributed by atoms with Crippen molar-refractivity contribution in [2.24, 2.45) is 0 Å². The van der Waals surface area contributed by atoms with Crippen molar-refractivity contribution in [1.29, 1.82) is 0 Å². The number of sulfonamides is 1. The molecular formula is C17H18ClIN2O3S. The van der Waals surface area contributed by atoms with Crippen LogP contribution in [0.2, 0.25) is 5.02 Å². The average Bonchev–Trinajstić information content (AvgIpc) is 2.54. The minimum atomic E-state index is -3.54. The fourth-order valence-corrected chi connectivity index (χ4v) is 4.51. The van der Waals surface area contributed by atoms with Crippen LogP contribution in [-0.2, 0) is 10.0 Å². The standard InChI is InChI=1S/C17H18ClIN2O3S/c1-11(2)21(3)25(23,24)14-7-5-13(6-8-14)20-17(22)15-9-4-12(18)10-16(15)19/h4-11H,1-3H3,(H,20,22). The van der Waals surface area contributed by atoms with E-state index in [2.05, 4.69) is 5.32 Å². The van der Waals surface area contributed by atoms with Gasteiger partial charge in [-0.2, -0.15) is 4.31 Å². The van der Waals surface area contributed by atoms with Gasteiger partial charge in [0, 0.05) is 27.4 Å². The number of carbonyl (C=O) groups excluding carboxylic acids is 1. The van der Waals surface area contributed by atoms with E-state index in [9.17, 15) is 13.2 Å². The normalized spacial score (nSPS) is 11.8. The first kappa shape index (κ1) is 20.2. The molecule has 134 valence electrons. The number of hydrogen-bond donors (Lipinski definition) is 1. The maximum atomic E-state index is 12.4. The van der Waals surface area contributed by atoms with Crippen LogP contribution in [0.1, 0.15) is 24.2 Å². The van der Waals surface area contributed by atoms with Crippen molar-refractivity contribution in [2.45, 2.75) is 24.8 Å². The first-order valence-corrected chi connectivity index (χ1v) is 10.4. The highest BCUT2D eigenvalue weighted by Gasteiger charge is 2.23. The van der Waals surface area contributed by atoms with E-state index in [1.807, 2.05) is 22.6 Å². The Hall–Kier alpha value is -1.16. The number of hydrogen-bond acceptors (Lipinski definition) is 3. The van der Waals surface area contributed by atoms with Gasteiger partial charge in [0.2, 0.25) is 10.0 Å². The zero-order chi connectivity index (χ0) is 18.8. The average molecular weight is 493 g/mol. The third kappa shape index (κ3) is 4.72. The Bertz CT molecular complexity index is 883. The molecule has 0 radical (unpaired) electrons. The highest BCUT2D eigenvalue weighted by atomic mass is 127. The van der Waals surface area contributed by atoms with Gasteiger partial charge in [0.15, 0.2) is 0 Å². The Morgan fingerprint density at radius 2 is 1.76 bits per heavy atom. The molecule has 25 heavy (non-hydrogen) atoms. The van der Waals surface area contributed by atoms with E-state index < -0.39 is 10.0 Å². The summed E-state index contributed by atoms with van der Waals surface area (Å²) in [6.07, 6.45) is 0. The summed E-state index contributed by atoms with van der Waals surface area (Å²) in [6, 6.07) is 11.0. The number of nitrogens with one attached hydrogen (secondary N) is 1. The second-order valence-electron chi connectivity index (χ2n) is 5.72. The summed E-state index contributed by atoms with van der Waals surface area (Å²) in [7, 11) is -2.00. The molecule has 8 heteroatoms. The molecule has 1 N–H and O–H groups in total. The van der Waals surface area contributed by atoms with Crippen molar-refractivity contribution in [1.82, 2.24) is 4.31 Å². The molecule has 0 aliphatic heterocycles. The van der Waals surface area contributed by atoms with E-state index in [4.69, 9.17) is 11.6 Å². The van der Waals surface area contributed by atoms with Crippen molar-refractivity contribution < 1.29 is 13.2 Å². The van der Waals surface area contributed by atoms with Crippen LogP contribution in [0.5, 0.6) is 0 Å². The molecule has 0 saturated carbocycles. The van der Waals surface area contributed by atoms with E-state index in [0.717, 1.165) is 3.57 Å². The number of anilines is 1. The van der Waals surface area contributed by atoms with Crippen LogP contribution in [0, 0.1) is 3.57 Å². The van der Waals surface area contributed by atoms with Gasteiger partial charge in [0.1, 0.15) is 0 Å². The van der Waals surface area contributed by atoms with Crippen LogP contribution in [0.25, 0.3) is 0 Å². The summed E-state index contributed by atoms with van der Waals surface area (Å²) >= 11 is 7.94. The number of amides is 1. The van der Waals surface area contributed by atoms with Crippen molar-refractivity contribution in [3.8, 4) is 0 Å². The Kier molecular flexibility index (Phi) is 6.47. The maximum Gasteiger partial charge on any atom is 0.256 e. The zero-order valence-electron chi connectivity index (χ0n) is 14.0. The molecule has 0 atom stereocenters. The predicted molar refractivity (Wildman–Crippen MR) is 109 cm³/mol. The molecule has 0 aromatic heterocycles. The highest BCUT2D eigenvalue weighted by molar-refractivity contribution is 14.1. The highest BCUT2D eigenvalue weighted by Crippen LogP contribution is 2.21. The largest absolute Gasteiger partial charge is 0.322 e. The second-order valence-corrected chi connectivity index (χ2v) is 9.31. The van der Waals surface area contributed by atoms with Crippen molar-refractivity contribution in [3.63, 3.8) is 0 Å². The van der Waals surface area contributed by atoms with Crippen molar-refractivity contribution in [3.05, 3.63) is 56.6 Å². The number of rotatable bonds is 5. The van der Waals surface area contributed by atoms with Crippen molar-refractivity contribution >= 4 is 55.8 Å². The van der Waals surface area contributed by atoms with E-state index >= 15 is 0 Å². The Labute approximate surface area is 166 Å². The van der Waals surface area contributed by atoms with Gasteiger partial charge >= 0.3 is 0 Å². The number of benzene rings is 2. The summed E-state index contributed by atoms with van der Waals surface area (Å²) < 4.78 is 26.9. The number of nitrogens with zero attached hydrogens (tertiary/aromatic N) is 1. The van der Waals surface area contributed by atoms with Gasteiger partial charge in [-0.05, 0) is 78.9 Å². The number of halogens is 2. The van der Waals surface area contributed by atoms with E-state index in [1.54, 1.807) is 44.2 Å². The molecule has 5 nitrogen and oxygen atoms in total. The van der Waals surface area contributed by atoms with Gasteiger partial charge in [0.05, 0.1) is 10.5 Å². The van der Waals surface area contributed by atoms with Gasteiger partial charge in [-0.1, -0.05) is 11.6 Å². The topological polar surface area (TPSA) is 66.5 Å². The molecule has 2 rings (SSSR count). The lowest BCUT2D eigenvalue weighted by Crippen LogP contribution is -2.33. The van der Waals surface area contributed by atoms with E-state index in [0.29, 0.717) is 16.3 Å². The fourth-order valence-electron chi connectivity index (χ4n) is 2.03. The van der Waals surface area contributed by atoms with Gasteiger partial charge in [-0.25, -0.2) is 8.42 Å². The molecule has 2 aromatic rings. The monoisotopic (exact) mass is 492 g/mol. The molecule has 0 unspecified atom stereocenters. The van der Waals surface area contributed by atoms with E-state index in [-0.39, 0.29) is 16.8 Å². The second kappa shape index (κ2) is 8.03. The first-order valence-electron chi connectivity index (χ1n) is 7.47. The van der Waals surface area contributed by atoms with Gasteiger partial charge < -0.3 is 5.32 Å². The maximum absolute atomic E-state index is 12.4. The smallest absolute Gasteiger partial charge is 0.256 e. The number of carbonyl (C=O) groups is 1. The first-order chi connectivity index (χ1) is 11.6. The van der Waals surface area contributed by atoms with Crippen LogP contribution in [0.3, 0.4) is 0 Å². The lowest BCUT2D eigenvalue weighted by Gasteiger charge is -2.21. The molecule has 0 bridgehead atoms. The molecule has 0 aliphatic carbocycles. The summed E-state index contributed by atoms with van der Waals surface area (Å²) in [5, 5.41) is 3.31. The van der Waals surface area contributed by atoms with E-state index in [1.165, 1.54) is 23.5 Å². The molecule has 0 spiro atoms. The molecular weight excluding hydrogens is 475 g/mol. The predicted octanol–water partition coefficient (Wildman–Crippen LogP) is 4.23. The van der Waals surface area contributed by atoms with Crippen LogP contribution in [-0.4, -0.2) is 31.7 Å². The summed E-state index contributed by atoms with van der Waals surface area (Å²) in [5.74, 6) is -0.282. The van der Waals surface area contributed by atoms with Crippen LogP contribution in [0.4, 0.5) is 5.69 Å². The third-order valence-electron chi connectivity index (χ3n) is 3.69. The van der Waals surface area contributed by atoms with Gasteiger partial charge in [0.25, 0.3) is 5.91 Å². The minimum Gasteiger partial charge on any atom is -0.322 e. The van der Waals surface area contributed by atoms with Gasteiger partial charge in [-0.15, -0.1) is 0 Å².